The van der Waals surface area contributed by atoms with Crippen molar-refractivity contribution in [3.8, 4) is 5.88 Å². The van der Waals surface area contributed by atoms with E-state index in [9.17, 15) is 4.79 Å². The SMILES string of the molecule is COc1ncc(Cl)cc1C=CC=O. The number of rotatable bonds is 3. The predicted octanol–water partition coefficient (Wildman–Crippen LogP) is 1.96. The molecule has 1 rings (SSSR count). The van der Waals surface area contributed by atoms with Crippen LogP contribution in [-0.4, -0.2) is 18.4 Å². The van der Waals surface area contributed by atoms with Crippen molar-refractivity contribution in [1.82, 2.24) is 4.98 Å². The minimum Gasteiger partial charge on any atom is -0.481 e. The van der Waals surface area contributed by atoms with Gasteiger partial charge in [-0.25, -0.2) is 4.98 Å². The van der Waals surface area contributed by atoms with Crippen LogP contribution >= 0.6 is 11.6 Å². The Hall–Kier alpha value is -1.35. The van der Waals surface area contributed by atoms with Gasteiger partial charge in [0.05, 0.1) is 12.1 Å². The summed E-state index contributed by atoms with van der Waals surface area (Å²) in [5.74, 6) is 0.447. The maximum atomic E-state index is 10.1. The average Bonchev–Trinajstić information content (AvgIpc) is 2.15. The van der Waals surface area contributed by atoms with E-state index in [-0.39, 0.29) is 0 Å². The summed E-state index contributed by atoms with van der Waals surface area (Å²) in [6, 6.07) is 1.67. The molecule has 0 radical (unpaired) electrons. The number of hydrogen-bond donors (Lipinski definition) is 0. The first-order chi connectivity index (χ1) is 6.27. The summed E-state index contributed by atoms with van der Waals surface area (Å²) in [5.41, 5.74) is 0.683. The van der Waals surface area contributed by atoms with E-state index in [0.29, 0.717) is 22.8 Å². The number of aldehydes is 1. The summed E-state index contributed by atoms with van der Waals surface area (Å²) in [5, 5.41) is 0.506. The zero-order valence-corrected chi connectivity index (χ0v) is 7.78. The smallest absolute Gasteiger partial charge is 0.220 e. The van der Waals surface area contributed by atoms with Crippen molar-refractivity contribution < 1.29 is 9.53 Å². The second-order valence-electron chi connectivity index (χ2n) is 2.25. The topological polar surface area (TPSA) is 39.2 Å². The molecule has 13 heavy (non-hydrogen) atoms. The molecule has 0 spiro atoms. The molecule has 1 aromatic heterocycles. The lowest BCUT2D eigenvalue weighted by Gasteiger charge is -2.02. The minimum absolute atomic E-state index is 0.447. The summed E-state index contributed by atoms with van der Waals surface area (Å²) in [6.07, 6.45) is 5.11. The van der Waals surface area contributed by atoms with Crippen LogP contribution in [0.25, 0.3) is 6.08 Å². The van der Waals surface area contributed by atoms with Gasteiger partial charge in [0.1, 0.15) is 6.29 Å². The van der Waals surface area contributed by atoms with Crippen LogP contribution in [0.2, 0.25) is 5.02 Å². The fourth-order valence-electron chi connectivity index (χ4n) is 0.875. The highest BCUT2D eigenvalue weighted by Gasteiger charge is 2.00. The molecule has 1 heterocycles. The van der Waals surface area contributed by atoms with Crippen molar-refractivity contribution in [3.63, 3.8) is 0 Å². The molecule has 0 aromatic carbocycles. The molecule has 0 N–H and O–H groups in total. The standard InChI is InChI=1S/C9H8ClNO2/c1-13-9-7(3-2-4-12)5-8(10)6-11-9/h2-6H,1H3. The summed E-state index contributed by atoms with van der Waals surface area (Å²) in [4.78, 5) is 14.0. The second-order valence-corrected chi connectivity index (χ2v) is 2.68. The van der Waals surface area contributed by atoms with Gasteiger partial charge in [0.2, 0.25) is 5.88 Å². The van der Waals surface area contributed by atoms with E-state index in [1.54, 1.807) is 12.1 Å². The Morgan fingerprint density at radius 3 is 3.00 bits per heavy atom. The molecule has 0 unspecified atom stereocenters. The third-order valence-electron chi connectivity index (χ3n) is 1.39. The number of nitrogens with zero attached hydrogens (tertiary/aromatic N) is 1. The lowest BCUT2D eigenvalue weighted by Crippen LogP contribution is -1.90. The maximum absolute atomic E-state index is 10.1. The Morgan fingerprint density at radius 2 is 2.38 bits per heavy atom. The maximum Gasteiger partial charge on any atom is 0.220 e. The zero-order valence-electron chi connectivity index (χ0n) is 7.03. The van der Waals surface area contributed by atoms with Crippen molar-refractivity contribution in [2.75, 3.05) is 7.11 Å². The van der Waals surface area contributed by atoms with Crippen molar-refractivity contribution in [3.05, 3.63) is 28.9 Å². The second kappa shape index (κ2) is 4.62. The molecule has 68 valence electrons. The van der Waals surface area contributed by atoms with Crippen LogP contribution in [0, 0.1) is 0 Å². The van der Waals surface area contributed by atoms with E-state index >= 15 is 0 Å². The molecule has 4 heteroatoms. The van der Waals surface area contributed by atoms with E-state index in [1.807, 2.05) is 0 Å². The molecular weight excluding hydrogens is 190 g/mol. The van der Waals surface area contributed by atoms with Gasteiger partial charge in [0, 0.05) is 11.8 Å². The summed E-state index contributed by atoms with van der Waals surface area (Å²) in [7, 11) is 1.51. The molecular formula is C9H8ClNO2. The Morgan fingerprint density at radius 1 is 1.62 bits per heavy atom. The molecule has 0 amide bonds. The van der Waals surface area contributed by atoms with E-state index < -0.39 is 0 Å². The van der Waals surface area contributed by atoms with Crippen LogP contribution in [0.15, 0.2) is 18.3 Å². The third kappa shape index (κ3) is 2.56. The van der Waals surface area contributed by atoms with Gasteiger partial charge in [-0.3, -0.25) is 4.79 Å². The van der Waals surface area contributed by atoms with Crippen LogP contribution in [-0.2, 0) is 4.79 Å². The highest BCUT2D eigenvalue weighted by atomic mass is 35.5. The number of pyridine rings is 1. The van der Waals surface area contributed by atoms with Crippen LogP contribution in [0.1, 0.15) is 5.56 Å². The van der Waals surface area contributed by atoms with Crippen LogP contribution < -0.4 is 4.74 Å². The van der Waals surface area contributed by atoms with Gasteiger partial charge in [0.15, 0.2) is 0 Å². The quantitative estimate of drug-likeness (QED) is 0.549. The number of allylic oxidation sites excluding steroid dienone is 1. The fourth-order valence-corrected chi connectivity index (χ4v) is 1.04. The molecule has 0 aliphatic rings. The third-order valence-corrected chi connectivity index (χ3v) is 1.60. The largest absolute Gasteiger partial charge is 0.481 e. The first kappa shape index (κ1) is 9.74. The molecule has 1 aromatic rings. The Balaban J connectivity index is 3.07. The first-order valence-electron chi connectivity index (χ1n) is 3.59. The number of ether oxygens (including phenoxy) is 1. The van der Waals surface area contributed by atoms with Crippen molar-refractivity contribution >= 4 is 24.0 Å². The molecule has 0 fully saturated rings. The Kier molecular flexibility index (Phi) is 3.46. The number of aromatic nitrogens is 1. The van der Waals surface area contributed by atoms with Gasteiger partial charge < -0.3 is 4.74 Å². The van der Waals surface area contributed by atoms with E-state index in [4.69, 9.17) is 16.3 Å². The van der Waals surface area contributed by atoms with Gasteiger partial charge >= 0.3 is 0 Å². The fraction of sp³-hybridized carbons (Fsp3) is 0.111. The van der Waals surface area contributed by atoms with Crippen molar-refractivity contribution in [2.24, 2.45) is 0 Å². The number of hydrogen-bond acceptors (Lipinski definition) is 3. The van der Waals surface area contributed by atoms with Gasteiger partial charge in [0.25, 0.3) is 0 Å². The van der Waals surface area contributed by atoms with Crippen LogP contribution in [0.3, 0.4) is 0 Å². The van der Waals surface area contributed by atoms with Gasteiger partial charge in [-0.1, -0.05) is 11.6 Å². The zero-order chi connectivity index (χ0) is 9.68. The monoisotopic (exact) mass is 197 g/mol. The van der Waals surface area contributed by atoms with Crippen LogP contribution in [0.4, 0.5) is 0 Å². The molecule has 3 nitrogen and oxygen atoms in total. The molecule has 0 aliphatic heterocycles. The van der Waals surface area contributed by atoms with Gasteiger partial charge in [-0.15, -0.1) is 0 Å². The Labute approximate surface area is 81.0 Å². The average molecular weight is 198 g/mol. The molecule has 0 saturated carbocycles. The van der Waals surface area contributed by atoms with E-state index in [1.165, 1.54) is 19.4 Å². The molecule has 0 aliphatic carbocycles. The lowest BCUT2D eigenvalue weighted by molar-refractivity contribution is -0.104. The number of carbonyl (C=O) groups excluding carboxylic acids is 1. The van der Waals surface area contributed by atoms with Gasteiger partial charge in [-0.2, -0.15) is 0 Å². The summed E-state index contributed by atoms with van der Waals surface area (Å²) >= 11 is 5.71. The molecule has 0 saturated heterocycles. The van der Waals surface area contributed by atoms with Gasteiger partial charge in [-0.05, 0) is 18.2 Å². The highest BCUT2D eigenvalue weighted by molar-refractivity contribution is 6.30. The first-order valence-corrected chi connectivity index (χ1v) is 3.97. The van der Waals surface area contributed by atoms with Crippen molar-refractivity contribution in [1.29, 1.82) is 0 Å². The predicted molar refractivity (Wildman–Crippen MR) is 50.9 cm³/mol. The normalized spacial score (nSPS) is 10.3. The molecule has 0 bridgehead atoms. The summed E-state index contributed by atoms with van der Waals surface area (Å²) in [6.45, 7) is 0. The van der Waals surface area contributed by atoms with Crippen molar-refractivity contribution in [2.45, 2.75) is 0 Å². The van der Waals surface area contributed by atoms with Crippen LogP contribution in [0.5, 0.6) is 5.88 Å². The lowest BCUT2D eigenvalue weighted by atomic mass is 10.2. The number of carbonyl (C=O) groups is 1. The molecule has 0 atom stereocenters. The number of halogens is 1. The minimum atomic E-state index is 0.447. The number of methoxy groups -OCH3 is 1. The van der Waals surface area contributed by atoms with E-state index in [2.05, 4.69) is 4.98 Å². The van der Waals surface area contributed by atoms with E-state index in [0.717, 1.165) is 0 Å². The highest BCUT2D eigenvalue weighted by Crippen LogP contribution is 2.20. The Bertz CT molecular complexity index is 336. The summed E-state index contributed by atoms with van der Waals surface area (Å²) < 4.78 is 4.96.